The van der Waals surface area contributed by atoms with Gasteiger partial charge in [-0.15, -0.1) is 0 Å². The summed E-state index contributed by atoms with van der Waals surface area (Å²) >= 11 is 0. The van der Waals surface area contributed by atoms with Gasteiger partial charge in [-0.25, -0.2) is 4.18 Å². The summed E-state index contributed by atoms with van der Waals surface area (Å²) in [7, 11) is -5.08. The SMILES string of the molecule is CC/C=C\C/C=C\C/C=C\C/C=C\C/C=C\C/C=C\C/C=C\CCCCCCOCC(COC1OC(CO)C(O)C(OS(=O)(=O)O)C1O)OC(=O)CCCCCCC/C=C\C/C=C\C/C=C\CC. The summed E-state index contributed by atoms with van der Waals surface area (Å²) in [6.45, 7) is 3.65. The van der Waals surface area contributed by atoms with Gasteiger partial charge in [0.2, 0.25) is 0 Å². The standard InChI is InChI=1S/C55H88O12S/c1-3-5-7-9-11-13-15-17-19-20-21-22-23-24-25-26-27-28-29-31-33-35-37-39-41-43-45-63-47-49(48-64-55-53(59)54(67-68(60,61)62)52(58)50(46-56)66-55)65-51(57)44-42-40-38-36-34-32-30-18-16-14-12-10-8-6-4-2/h5-8,11-14,17-19,21-22,24-25,27-28,30-31,33,49-50,52-56,58-59H,3-4,9-10,15-16,20,23,26,29,32,34-48H2,1-2H3,(H,60,61,62)/b7-5-,8-6-,13-11-,14-12-,19-17-,22-21-,25-24-,28-27-,30-18-,33-31-. The molecular weight excluding hydrogens is 885 g/mol. The Morgan fingerprint density at radius 1 is 0.559 bits per heavy atom. The van der Waals surface area contributed by atoms with Crippen molar-refractivity contribution in [3.63, 3.8) is 0 Å². The third-order valence-electron chi connectivity index (χ3n) is 10.6. The molecule has 0 aromatic carbocycles. The zero-order chi connectivity index (χ0) is 49.6. The fraction of sp³-hybridized carbons (Fsp3) is 0.618. The fourth-order valence-electron chi connectivity index (χ4n) is 6.84. The Balaban J connectivity index is 2.40. The van der Waals surface area contributed by atoms with Gasteiger partial charge in [-0.2, -0.15) is 8.42 Å². The maximum atomic E-state index is 12.9. The molecule has 6 unspecified atom stereocenters. The molecule has 0 spiro atoms. The minimum absolute atomic E-state index is 0.00209. The van der Waals surface area contributed by atoms with E-state index in [1.165, 1.54) is 0 Å². The van der Waals surface area contributed by atoms with E-state index >= 15 is 0 Å². The molecule has 1 aliphatic heterocycles. The van der Waals surface area contributed by atoms with E-state index in [2.05, 4.69) is 140 Å². The first kappa shape index (κ1) is 62.5. The average Bonchev–Trinajstić information content (AvgIpc) is 3.31. The summed E-state index contributed by atoms with van der Waals surface area (Å²) in [6.07, 6.45) is 55.2. The minimum Gasteiger partial charge on any atom is -0.457 e. The van der Waals surface area contributed by atoms with Crippen LogP contribution >= 0.6 is 0 Å². The average molecular weight is 973 g/mol. The summed E-state index contributed by atoms with van der Waals surface area (Å²) in [4.78, 5) is 12.9. The highest BCUT2D eigenvalue weighted by molar-refractivity contribution is 7.80. The molecular formula is C55H88O12S. The summed E-state index contributed by atoms with van der Waals surface area (Å²) in [6, 6.07) is 0. The van der Waals surface area contributed by atoms with Crippen molar-refractivity contribution in [2.45, 2.75) is 192 Å². The molecule has 13 heteroatoms. The molecule has 0 aromatic rings. The van der Waals surface area contributed by atoms with Gasteiger partial charge in [-0.05, 0) is 103 Å². The maximum Gasteiger partial charge on any atom is 0.397 e. The second-order valence-corrected chi connectivity index (χ2v) is 17.7. The van der Waals surface area contributed by atoms with E-state index in [1.807, 2.05) is 0 Å². The second kappa shape index (κ2) is 44.7. The molecule has 6 atom stereocenters. The lowest BCUT2D eigenvalue weighted by Gasteiger charge is -2.41. The molecule has 0 aromatic heterocycles. The number of rotatable bonds is 42. The Bertz CT molecular complexity index is 1640. The predicted molar refractivity (Wildman–Crippen MR) is 275 cm³/mol. The first-order valence-electron chi connectivity index (χ1n) is 25.3. The van der Waals surface area contributed by atoms with E-state index in [0.717, 1.165) is 128 Å². The lowest BCUT2D eigenvalue weighted by molar-refractivity contribution is -0.301. The van der Waals surface area contributed by atoms with Crippen molar-refractivity contribution in [3.8, 4) is 0 Å². The third-order valence-corrected chi connectivity index (χ3v) is 11.0. The number of carbonyl (C=O) groups is 1. The summed E-state index contributed by atoms with van der Waals surface area (Å²) < 4.78 is 59.2. The van der Waals surface area contributed by atoms with Crippen molar-refractivity contribution in [3.05, 3.63) is 122 Å². The molecule has 0 bridgehead atoms. The van der Waals surface area contributed by atoms with Crippen LogP contribution in [0.3, 0.4) is 0 Å². The highest BCUT2D eigenvalue weighted by Crippen LogP contribution is 2.26. The second-order valence-electron chi connectivity index (χ2n) is 16.6. The highest BCUT2D eigenvalue weighted by atomic mass is 32.3. The largest absolute Gasteiger partial charge is 0.457 e. The molecule has 1 rings (SSSR count). The van der Waals surface area contributed by atoms with E-state index < -0.39 is 59.8 Å². The Kier molecular flexibility index (Phi) is 41.1. The number of allylic oxidation sites excluding steroid dienone is 20. The number of aliphatic hydroxyl groups is 3. The van der Waals surface area contributed by atoms with Crippen LogP contribution in [0, 0.1) is 0 Å². The molecule has 0 amide bonds. The molecule has 1 saturated heterocycles. The van der Waals surface area contributed by atoms with Crippen LogP contribution in [0.5, 0.6) is 0 Å². The maximum absolute atomic E-state index is 12.9. The number of ether oxygens (including phenoxy) is 4. The lowest BCUT2D eigenvalue weighted by atomic mass is 9.99. The van der Waals surface area contributed by atoms with Crippen LogP contribution in [0.4, 0.5) is 0 Å². The van der Waals surface area contributed by atoms with Crippen LogP contribution in [0.2, 0.25) is 0 Å². The van der Waals surface area contributed by atoms with E-state index in [0.29, 0.717) is 13.0 Å². The van der Waals surface area contributed by atoms with Gasteiger partial charge in [0, 0.05) is 13.0 Å². The highest BCUT2D eigenvalue weighted by Gasteiger charge is 2.48. The monoisotopic (exact) mass is 973 g/mol. The van der Waals surface area contributed by atoms with Gasteiger partial charge in [0.05, 0.1) is 19.8 Å². The van der Waals surface area contributed by atoms with Crippen molar-refractivity contribution < 1.29 is 56.2 Å². The molecule has 68 heavy (non-hydrogen) atoms. The van der Waals surface area contributed by atoms with Crippen LogP contribution in [0.1, 0.15) is 155 Å². The minimum atomic E-state index is -5.08. The third kappa shape index (κ3) is 37.4. The molecule has 386 valence electrons. The van der Waals surface area contributed by atoms with Gasteiger partial charge in [0.25, 0.3) is 0 Å². The van der Waals surface area contributed by atoms with E-state index in [-0.39, 0.29) is 19.6 Å². The van der Waals surface area contributed by atoms with Gasteiger partial charge in [0.1, 0.15) is 30.5 Å². The number of hydrogen-bond acceptors (Lipinski definition) is 11. The van der Waals surface area contributed by atoms with Crippen molar-refractivity contribution >= 4 is 16.4 Å². The summed E-state index contributed by atoms with van der Waals surface area (Å²) in [5.74, 6) is -0.432. The van der Waals surface area contributed by atoms with Crippen molar-refractivity contribution in [1.82, 2.24) is 0 Å². The summed E-state index contributed by atoms with van der Waals surface area (Å²) in [5.41, 5.74) is 0. The Morgan fingerprint density at radius 2 is 0.971 bits per heavy atom. The predicted octanol–water partition coefficient (Wildman–Crippen LogP) is 11.7. The molecule has 1 aliphatic rings. The van der Waals surface area contributed by atoms with E-state index in [1.54, 1.807) is 0 Å². The van der Waals surface area contributed by atoms with Gasteiger partial charge < -0.3 is 34.3 Å². The van der Waals surface area contributed by atoms with Gasteiger partial charge in [-0.1, -0.05) is 167 Å². The number of carbonyl (C=O) groups excluding carboxylic acids is 1. The zero-order valence-corrected chi connectivity index (χ0v) is 42.2. The number of aliphatic hydroxyl groups excluding tert-OH is 3. The Hall–Kier alpha value is -3.50. The first-order chi connectivity index (χ1) is 33.1. The topological polar surface area (TPSA) is 178 Å². The number of esters is 1. The van der Waals surface area contributed by atoms with Crippen LogP contribution in [0.15, 0.2) is 122 Å². The molecule has 0 radical (unpaired) electrons. The van der Waals surface area contributed by atoms with Gasteiger partial charge >= 0.3 is 16.4 Å². The van der Waals surface area contributed by atoms with Gasteiger partial charge in [-0.3, -0.25) is 9.35 Å². The molecule has 1 fully saturated rings. The van der Waals surface area contributed by atoms with Crippen LogP contribution in [0.25, 0.3) is 0 Å². The number of hydrogen-bond donors (Lipinski definition) is 4. The summed E-state index contributed by atoms with van der Waals surface area (Å²) in [5, 5.41) is 30.7. The van der Waals surface area contributed by atoms with Gasteiger partial charge in [0.15, 0.2) is 6.29 Å². The zero-order valence-electron chi connectivity index (χ0n) is 41.4. The fourth-order valence-corrected chi connectivity index (χ4v) is 7.35. The Labute approximate surface area is 410 Å². The van der Waals surface area contributed by atoms with Crippen LogP contribution < -0.4 is 0 Å². The molecule has 4 N–H and O–H groups in total. The van der Waals surface area contributed by atoms with E-state index in [4.69, 9.17) is 18.9 Å². The lowest BCUT2D eigenvalue weighted by Crippen LogP contribution is -2.60. The van der Waals surface area contributed by atoms with Crippen LogP contribution in [-0.2, 0) is 38.3 Å². The molecule has 0 aliphatic carbocycles. The molecule has 0 saturated carbocycles. The number of unbranched alkanes of at least 4 members (excludes halogenated alkanes) is 9. The van der Waals surface area contributed by atoms with Crippen molar-refractivity contribution in [2.75, 3.05) is 26.4 Å². The first-order valence-corrected chi connectivity index (χ1v) is 26.7. The van der Waals surface area contributed by atoms with Crippen molar-refractivity contribution in [2.24, 2.45) is 0 Å². The quantitative estimate of drug-likeness (QED) is 0.0197. The molecule has 12 nitrogen and oxygen atoms in total. The van der Waals surface area contributed by atoms with Crippen molar-refractivity contribution in [1.29, 1.82) is 0 Å². The Morgan fingerprint density at radius 3 is 1.41 bits per heavy atom. The normalized spacial score (nSPS) is 20.4. The smallest absolute Gasteiger partial charge is 0.397 e. The molecule has 1 heterocycles. The van der Waals surface area contributed by atoms with Crippen LogP contribution in [-0.4, -0.2) is 97.5 Å². The van der Waals surface area contributed by atoms with E-state index in [9.17, 15) is 33.1 Å².